The maximum Gasteiger partial charge on any atom is 0.276 e. The zero-order valence-corrected chi connectivity index (χ0v) is 12.5. The molecule has 3 aromatic rings. The molecule has 0 radical (unpaired) electrons. The molecule has 0 aliphatic carbocycles. The van der Waals surface area contributed by atoms with Crippen LogP contribution < -0.4 is 5.32 Å². The van der Waals surface area contributed by atoms with E-state index in [4.69, 9.17) is 0 Å². The summed E-state index contributed by atoms with van der Waals surface area (Å²) in [6.07, 6.45) is 0. The number of thiazole rings is 1. The van der Waals surface area contributed by atoms with Crippen LogP contribution in [0.15, 0.2) is 41.8 Å². The Hall–Kier alpha value is -2.47. The number of rotatable bonds is 3. The van der Waals surface area contributed by atoms with Gasteiger partial charge in [0.15, 0.2) is 5.13 Å². The fourth-order valence-electron chi connectivity index (χ4n) is 2.00. The second-order valence-corrected chi connectivity index (χ2v) is 5.52. The fraction of sp³-hybridized carbons (Fsp3) is 0.133. The largest absolute Gasteiger partial charge is 0.296 e. The number of amides is 1. The van der Waals surface area contributed by atoms with Gasteiger partial charge in [-0.2, -0.15) is 5.10 Å². The smallest absolute Gasteiger partial charge is 0.276 e. The molecule has 1 amide bonds. The standard InChI is InChI=1S/C15H14N4OS/c1-10-8-13(14(20)17-15-16-11(2)9-21-15)19(18-10)12-6-4-3-5-7-12/h3-9H,1-2H3,(H,16,17,20). The number of benzene rings is 1. The van der Waals surface area contributed by atoms with Gasteiger partial charge in [0.1, 0.15) is 5.69 Å². The second kappa shape index (κ2) is 5.49. The topological polar surface area (TPSA) is 59.8 Å². The number of carbonyl (C=O) groups is 1. The Kier molecular flexibility index (Phi) is 3.53. The Morgan fingerprint density at radius 1 is 1.19 bits per heavy atom. The summed E-state index contributed by atoms with van der Waals surface area (Å²) >= 11 is 1.41. The van der Waals surface area contributed by atoms with E-state index < -0.39 is 0 Å². The maximum atomic E-state index is 12.4. The van der Waals surface area contributed by atoms with E-state index in [-0.39, 0.29) is 5.91 Å². The number of hydrogen-bond acceptors (Lipinski definition) is 4. The third-order valence-electron chi connectivity index (χ3n) is 2.90. The van der Waals surface area contributed by atoms with E-state index in [1.54, 1.807) is 10.7 Å². The van der Waals surface area contributed by atoms with Gasteiger partial charge in [-0.25, -0.2) is 9.67 Å². The molecule has 5 nitrogen and oxygen atoms in total. The van der Waals surface area contributed by atoms with Crippen molar-refractivity contribution in [3.63, 3.8) is 0 Å². The Balaban J connectivity index is 1.93. The zero-order chi connectivity index (χ0) is 14.8. The van der Waals surface area contributed by atoms with Gasteiger partial charge in [-0.05, 0) is 32.0 Å². The molecule has 106 valence electrons. The zero-order valence-electron chi connectivity index (χ0n) is 11.7. The molecule has 2 heterocycles. The Morgan fingerprint density at radius 2 is 1.95 bits per heavy atom. The molecule has 21 heavy (non-hydrogen) atoms. The average molecular weight is 298 g/mol. The summed E-state index contributed by atoms with van der Waals surface area (Å²) in [5.41, 5.74) is 3.03. The first-order valence-electron chi connectivity index (χ1n) is 6.49. The summed E-state index contributed by atoms with van der Waals surface area (Å²) in [5, 5.41) is 9.69. The lowest BCUT2D eigenvalue weighted by Crippen LogP contribution is -2.16. The number of para-hydroxylation sites is 1. The molecule has 6 heteroatoms. The van der Waals surface area contributed by atoms with Crippen molar-refractivity contribution in [1.29, 1.82) is 0 Å². The van der Waals surface area contributed by atoms with Crippen LogP contribution in [-0.4, -0.2) is 20.7 Å². The van der Waals surface area contributed by atoms with Gasteiger partial charge in [-0.1, -0.05) is 18.2 Å². The van der Waals surface area contributed by atoms with Crippen molar-refractivity contribution in [3.8, 4) is 5.69 Å². The van der Waals surface area contributed by atoms with Crippen LogP contribution in [0.2, 0.25) is 0 Å². The van der Waals surface area contributed by atoms with Crippen LogP contribution in [0.3, 0.4) is 0 Å². The first-order valence-corrected chi connectivity index (χ1v) is 7.37. The molecule has 2 aromatic heterocycles. The SMILES string of the molecule is Cc1csc(NC(=O)c2cc(C)nn2-c2ccccc2)n1. The fourth-order valence-corrected chi connectivity index (χ4v) is 2.68. The number of anilines is 1. The van der Waals surface area contributed by atoms with Crippen molar-refractivity contribution in [3.05, 3.63) is 58.9 Å². The quantitative estimate of drug-likeness (QED) is 0.807. The van der Waals surface area contributed by atoms with Gasteiger partial charge in [0.2, 0.25) is 0 Å². The summed E-state index contributed by atoms with van der Waals surface area (Å²) in [4.78, 5) is 16.7. The van der Waals surface area contributed by atoms with Gasteiger partial charge in [0, 0.05) is 5.38 Å². The number of nitrogens with zero attached hydrogens (tertiary/aromatic N) is 3. The van der Waals surface area contributed by atoms with E-state index in [0.717, 1.165) is 17.1 Å². The van der Waals surface area contributed by atoms with Gasteiger partial charge < -0.3 is 0 Å². The lowest BCUT2D eigenvalue weighted by molar-refractivity contribution is 0.101. The van der Waals surface area contributed by atoms with Crippen molar-refractivity contribution in [2.24, 2.45) is 0 Å². The molecular weight excluding hydrogens is 284 g/mol. The predicted molar refractivity (Wildman–Crippen MR) is 83.1 cm³/mol. The van der Waals surface area contributed by atoms with E-state index in [0.29, 0.717) is 10.8 Å². The van der Waals surface area contributed by atoms with Gasteiger partial charge in [0.05, 0.1) is 17.1 Å². The molecule has 1 aromatic carbocycles. The molecule has 0 aliphatic heterocycles. The van der Waals surface area contributed by atoms with Gasteiger partial charge in [0.25, 0.3) is 5.91 Å². The van der Waals surface area contributed by atoms with Crippen molar-refractivity contribution >= 4 is 22.4 Å². The first kappa shape index (κ1) is 13.5. The minimum Gasteiger partial charge on any atom is -0.296 e. The van der Waals surface area contributed by atoms with E-state index in [1.165, 1.54) is 11.3 Å². The second-order valence-electron chi connectivity index (χ2n) is 4.67. The average Bonchev–Trinajstić information content (AvgIpc) is 3.06. The van der Waals surface area contributed by atoms with Crippen molar-refractivity contribution in [2.75, 3.05) is 5.32 Å². The van der Waals surface area contributed by atoms with Crippen LogP contribution >= 0.6 is 11.3 Å². The summed E-state index contributed by atoms with van der Waals surface area (Å²) in [7, 11) is 0. The molecule has 3 rings (SSSR count). The number of aryl methyl sites for hydroxylation is 2. The summed E-state index contributed by atoms with van der Waals surface area (Å²) in [6.45, 7) is 3.76. The molecule has 0 aliphatic rings. The number of hydrogen-bond donors (Lipinski definition) is 1. The van der Waals surface area contributed by atoms with Gasteiger partial charge in [-0.3, -0.25) is 10.1 Å². The monoisotopic (exact) mass is 298 g/mol. The molecule has 0 saturated heterocycles. The van der Waals surface area contributed by atoms with Crippen LogP contribution in [-0.2, 0) is 0 Å². The highest BCUT2D eigenvalue weighted by Gasteiger charge is 2.16. The lowest BCUT2D eigenvalue weighted by Gasteiger charge is -2.06. The number of carbonyl (C=O) groups excluding carboxylic acids is 1. The molecule has 0 bridgehead atoms. The van der Waals surface area contributed by atoms with Crippen LogP contribution in [0.5, 0.6) is 0 Å². The Morgan fingerprint density at radius 3 is 2.62 bits per heavy atom. The van der Waals surface area contributed by atoms with Gasteiger partial charge >= 0.3 is 0 Å². The molecule has 0 spiro atoms. The highest BCUT2D eigenvalue weighted by Crippen LogP contribution is 2.17. The van der Waals surface area contributed by atoms with E-state index in [2.05, 4.69) is 15.4 Å². The summed E-state index contributed by atoms with van der Waals surface area (Å²) in [5.74, 6) is -0.214. The van der Waals surface area contributed by atoms with Crippen molar-refractivity contribution in [1.82, 2.24) is 14.8 Å². The Labute approximate surface area is 126 Å². The van der Waals surface area contributed by atoms with Crippen LogP contribution in [0.4, 0.5) is 5.13 Å². The first-order chi connectivity index (χ1) is 10.1. The molecule has 0 atom stereocenters. The lowest BCUT2D eigenvalue weighted by atomic mass is 10.3. The van der Waals surface area contributed by atoms with E-state index in [1.807, 2.05) is 49.6 Å². The molecule has 0 unspecified atom stereocenters. The normalized spacial score (nSPS) is 10.6. The Bertz CT molecular complexity index is 776. The summed E-state index contributed by atoms with van der Waals surface area (Å²) in [6, 6.07) is 11.4. The van der Waals surface area contributed by atoms with Crippen molar-refractivity contribution in [2.45, 2.75) is 13.8 Å². The summed E-state index contributed by atoms with van der Waals surface area (Å²) < 4.78 is 1.64. The predicted octanol–water partition coefficient (Wildman–Crippen LogP) is 3.20. The molecule has 0 fully saturated rings. The van der Waals surface area contributed by atoms with Gasteiger partial charge in [-0.15, -0.1) is 11.3 Å². The van der Waals surface area contributed by atoms with E-state index >= 15 is 0 Å². The van der Waals surface area contributed by atoms with Crippen LogP contribution in [0.25, 0.3) is 5.69 Å². The van der Waals surface area contributed by atoms with Crippen LogP contribution in [0, 0.1) is 13.8 Å². The third kappa shape index (κ3) is 2.85. The number of nitrogens with one attached hydrogen (secondary N) is 1. The molecule has 1 N–H and O–H groups in total. The highest BCUT2D eigenvalue weighted by atomic mass is 32.1. The maximum absolute atomic E-state index is 12.4. The minimum atomic E-state index is -0.214. The van der Waals surface area contributed by atoms with Crippen molar-refractivity contribution < 1.29 is 4.79 Å². The highest BCUT2D eigenvalue weighted by molar-refractivity contribution is 7.13. The van der Waals surface area contributed by atoms with E-state index in [9.17, 15) is 4.79 Å². The molecular formula is C15H14N4OS. The number of aromatic nitrogens is 3. The minimum absolute atomic E-state index is 0.214. The van der Waals surface area contributed by atoms with Crippen LogP contribution in [0.1, 0.15) is 21.9 Å². The molecule has 0 saturated carbocycles. The third-order valence-corrected chi connectivity index (χ3v) is 3.78.